The fourth-order valence-corrected chi connectivity index (χ4v) is 1.71. The molecule has 0 radical (unpaired) electrons. The van der Waals surface area contributed by atoms with Crippen molar-refractivity contribution in [1.29, 1.82) is 0 Å². The number of hydrogen-bond donors (Lipinski definition) is 1. The summed E-state index contributed by atoms with van der Waals surface area (Å²) in [5.41, 5.74) is -0.883. The van der Waals surface area contributed by atoms with Crippen LogP contribution in [-0.4, -0.2) is 39.0 Å². The highest BCUT2D eigenvalue weighted by atomic mass is 35.5. The second-order valence-corrected chi connectivity index (χ2v) is 4.99. The number of carbonyl (C=O) groups is 2. The van der Waals surface area contributed by atoms with E-state index < -0.39 is 11.5 Å². The molecule has 0 aliphatic rings. The number of amides is 1. The highest BCUT2D eigenvalue weighted by Crippen LogP contribution is 2.20. The van der Waals surface area contributed by atoms with Crippen LogP contribution in [0.1, 0.15) is 31.3 Å². The minimum absolute atomic E-state index is 0.365. The summed E-state index contributed by atoms with van der Waals surface area (Å²) in [6.45, 7) is 5.44. The van der Waals surface area contributed by atoms with Crippen molar-refractivity contribution in [2.45, 2.75) is 32.9 Å². The van der Waals surface area contributed by atoms with E-state index in [-0.39, 0.29) is 5.91 Å². The minimum Gasteiger partial charge on any atom is -0.480 e. The number of carboxylic acid groups (broad SMARTS) is 1. The summed E-state index contributed by atoms with van der Waals surface area (Å²) in [5, 5.41) is 9.57. The number of likely N-dealkylation sites (N-methyl/N-ethyl adjacent to an activating group) is 1. The van der Waals surface area contributed by atoms with Gasteiger partial charge in [0.05, 0.1) is 5.02 Å². The van der Waals surface area contributed by atoms with Gasteiger partial charge in [0.1, 0.15) is 11.2 Å². The zero-order chi connectivity index (χ0) is 14.1. The van der Waals surface area contributed by atoms with Crippen LogP contribution in [0.2, 0.25) is 5.02 Å². The summed E-state index contributed by atoms with van der Waals surface area (Å²) in [6, 6.07) is 1.54. The topological polar surface area (TPSA) is 62.5 Å². The van der Waals surface area contributed by atoms with Crippen LogP contribution in [-0.2, 0) is 11.3 Å². The zero-order valence-electron chi connectivity index (χ0n) is 10.9. The molecule has 0 unspecified atom stereocenters. The molecule has 0 aliphatic heterocycles. The third-order valence-corrected chi connectivity index (χ3v) is 3.30. The first-order chi connectivity index (χ1) is 8.21. The highest BCUT2D eigenvalue weighted by Gasteiger charge is 2.36. The Labute approximate surface area is 111 Å². The first kappa shape index (κ1) is 14.6. The number of carboxylic acids is 1. The lowest BCUT2D eigenvalue weighted by Crippen LogP contribution is -2.51. The minimum atomic E-state index is -1.27. The molecule has 6 heteroatoms. The Morgan fingerprint density at radius 1 is 1.50 bits per heavy atom. The third-order valence-electron chi connectivity index (χ3n) is 3.09. The quantitative estimate of drug-likeness (QED) is 0.913. The Morgan fingerprint density at radius 3 is 2.50 bits per heavy atom. The molecule has 0 fully saturated rings. The van der Waals surface area contributed by atoms with Gasteiger partial charge in [-0.3, -0.25) is 4.79 Å². The van der Waals surface area contributed by atoms with E-state index in [1.165, 1.54) is 25.8 Å². The molecular weight excluding hydrogens is 256 g/mol. The Hall–Kier alpha value is -1.49. The molecule has 0 spiro atoms. The molecule has 1 amide bonds. The molecule has 1 rings (SSSR count). The van der Waals surface area contributed by atoms with Crippen LogP contribution in [0.3, 0.4) is 0 Å². The van der Waals surface area contributed by atoms with Gasteiger partial charge in [-0.15, -0.1) is 0 Å². The molecule has 0 atom stereocenters. The third kappa shape index (κ3) is 2.51. The van der Waals surface area contributed by atoms with E-state index in [9.17, 15) is 9.59 Å². The van der Waals surface area contributed by atoms with Crippen molar-refractivity contribution >= 4 is 23.5 Å². The number of aromatic nitrogens is 1. The number of hydrogen-bond acceptors (Lipinski definition) is 2. The Bertz CT molecular complexity index is 480. The highest BCUT2D eigenvalue weighted by molar-refractivity contribution is 6.31. The SMILES string of the molecule is CCn1cc(Cl)cc1C(=O)N(C)C(C)(C)C(=O)O. The number of nitrogens with zero attached hydrogens (tertiary/aromatic N) is 2. The van der Waals surface area contributed by atoms with Crippen molar-refractivity contribution in [3.63, 3.8) is 0 Å². The van der Waals surface area contributed by atoms with Gasteiger partial charge >= 0.3 is 5.97 Å². The predicted molar refractivity (Wildman–Crippen MR) is 68.9 cm³/mol. The van der Waals surface area contributed by atoms with Gasteiger partial charge in [0, 0.05) is 19.8 Å². The summed E-state index contributed by atoms with van der Waals surface area (Å²) in [4.78, 5) is 24.6. The zero-order valence-corrected chi connectivity index (χ0v) is 11.7. The number of halogens is 1. The van der Waals surface area contributed by atoms with Crippen molar-refractivity contribution in [2.24, 2.45) is 0 Å². The van der Waals surface area contributed by atoms with E-state index in [0.29, 0.717) is 17.3 Å². The first-order valence-electron chi connectivity index (χ1n) is 5.59. The molecular formula is C12H17ClN2O3. The lowest BCUT2D eigenvalue weighted by Gasteiger charge is -2.31. The molecule has 0 aliphatic carbocycles. The van der Waals surface area contributed by atoms with Gasteiger partial charge in [0.25, 0.3) is 5.91 Å². The van der Waals surface area contributed by atoms with Crippen LogP contribution in [0.15, 0.2) is 12.3 Å². The molecule has 1 aromatic heterocycles. The van der Waals surface area contributed by atoms with Crippen LogP contribution in [0.4, 0.5) is 0 Å². The number of aliphatic carboxylic acids is 1. The normalized spacial score (nSPS) is 11.4. The summed E-state index contributed by atoms with van der Waals surface area (Å²) in [6.07, 6.45) is 1.65. The maximum atomic E-state index is 12.3. The van der Waals surface area contributed by atoms with Gasteiger partial charge in [-0.25, -0.2) is 4.79 Å². The molecule has 18 heavy (non-hydrogen) atoms. The van der Waals surface area contributed by atoms with E-state index in [4.69, 9.17) is 16.7 Å². The van der Waals surface area contributed by atoms with E-state index in [1.54, 1.807) is 16.8 Å². The van der Waals surface area contributed by atoms with Gasteiger partial charge in [0.15, 0.2) is 0 Å². The molecule has 1 aromatic rings. The van der Waals surface area contributed by atoms with E-state index in [1.807, 2.05) is 6.92 Å². The van der Waals surface area contributed by atoms with Gasteiger partial charge < -0.3 is 14.6 Å². The van der Waals surface area contributed by atoms with Crippen LogP contribution in [0.25, 0.3) is 0 Å². The monoisotopic (exact) mass is 272 g/mol. The van der Waals surface area contributed by atoms with Crippen molar-refractivity contribution in [1.82, 2.24) is 9.47 Å². The van der Waals surface area contributed by atoms with E-state index in [0.717, 1.165) is 0 Å². The summed E-state index contributed by atoms with van der Waals surface area (Å²) >= 11 is 5.86. The average molecular weight is 273 g/mol. The van der Waals surface area contributed by atoms with Crippen LogP contribution < -0.4 is 0 Å². The van der Waals surface area contributed by atoms with Gasteiger partial charge in [0.2, 0.25) is 0 Å². The Kier molecular flexibility index (Phi) is 4.06. The molecule has 1 heterocycles. The van der Waals surface area contributed by atoms with Crippen molar-refractivity contribution < 1.29 is 14.7 Å². The molecule has 0 bridgehead atoms. The van der Waals surface area contributed by atoms with E-state index in [2.05, 4.69) is 0 Å². The predicted octanol–water partition coefficient (Wildman–Crippen LogP) is 2.10. The van der Waals surface area contributed by atoms with E-state index >= 15 is 0 Å². The standard InChI is InChI=1S/C12H17ClN2O3/c1-5-15-7-8(13)6-9(15)10(16)14(4)12(2,3)11(17)18/h6-7H,5H2,1-4H3,(H,17,18). The fourth-order valence-electron chi connectivity index (χ4n) is 1.48. The average Bonchev–Trinajstić information content (AvgIpc) is 2.68. The second kappa shape index (κ2) is 5.02. The summed E-state index contributed by atoms with van der Waals surface area (Å²) in [7, 11) is 1.47. The molecule has 1 N–H and O–H groups in total. The second-order valence-electron chi connectivity index (χ2n) is 4.56. The molecule has 0 aromatic carbocycles. The lowest BCUT2D eigenvalue weighted by atomic mass is 10.0. The smallest absolute Gasteiger partial charge is 0.329 e. The van der Waals surface area contributed by atoms with Crippen molar-refractivity contribution in [3.8, 4) is 0 Å². The van der Waals surface area contributed by atoms with Gasteiger partial charge in [-0.1, -0.05) is 11.6 Å². The van der Waals surface area contributed by atoms with Crippen LogP contribution in [0, 0.1) is 0 Å². The van der Waals surface area contributed by atoms with Crippen LogP contribution in [0.5, 0.6) is 0 Å². The Balaban J connectivity index is 3.11. The lowest BCUT2D eigenvalue weighted by molar-refractivity contribution is -0.147. The largest absolute Gasteiger partial charge is 0.480 e. The van der Waals surface area contributed by atoms with Crippen molar-refractivity contribution in [2.75, 3.05) is 7.05 Å². The van der Waals surface area contributed by atoms with Crippen LogP contribution >= 0.6 is 11.6 Å². The van der Waals surface area contributed by atoms with Gasteiger partial charge in [-0.05, 0) is 26.8 Å². The molecule has 5 nitrogen and oxygen atoms in total. The summed E-state index contributed by atoms with van der Waals surface area (Å²) < 4.78 is 1.69. The maximum Gasteiger partial charge on any atom is 0.329 e. The molecule has 100 valence electrons. The first-order valence-corrected chi connectivity index (χ1v) is 5.96. The summed E-state index contributed by atoms with van der Waals surface area (Å²) in [5.74, 6) is -1.42. The van der Waals surface area contributed by atoms with Crippen molar-refractivity contribution in [3.05, 3.63) is 23.0 Å². The fraction of sp³-hybridized carbons (Fsp3) is 0.500. The number of aryl methyl sites for hydroxylation is 1. The number of carbonyl (C=O) groups excluding carboxylic acids is 1. The van der Waals surface area contributed by atoms with Gasteiger partial charge in [-0.2, -0.15) is 0 Å². The molecule has 0 saturated carbocycles. The number of rotatable bonds is 4. The maximum absolute atomic E-state index is 12.3. The Morgan fingerprint density at radius 2 is 2.06 bits per heavy atom. The molecule has 0 saturated heterocycles.